The first kappa shape index (κ1) is 21.3. The molecule has 0 atom stereocenters. The van der Waals surface area contributed by atoms with Gasteiger partial charge in [-0.15, -0.1) is 0 Å². The van der Waals surface area contributed by atoms with Gasteiger partial charge in [0, 0.05) is 5.56 Å². The van der Waals surface area contributed by atoms with E-state index in [9.17, 15) is 4.79 Å². The van der Waals surface area contributed by atoms with E-state index in [1.165, 1.54) is 17.3 Å². The molecule has 156 valence electrons. The highest BCUT2D eigenvalue weighted by molar-refractivity contribution is 8.27. The molecule has 3 nitrogen and oxygen atoms in total. The average Bonchev–Trinajstić information content (AvgIpc) is 3.03. The molecule has 0 radical (unpaired) electrons. The lowest BCUT2D eigenvalue weighted by Crippen LogP contribution is -2.28. The minimum Gasteiger partial charge on any atom is -0.488 e. The quantitative estimate of drug-likeness (QED) is 0.327. The summed E-state index contributed by atoms with van der Waals surface area (Å²) in [6, 6.07) is 22.1. The second kappa shape index (κ2) is 9.08. The van der Waals surface area contributed by atoms with Crippen molar-refractivity contribution < 1.29 is 9.53 Å². The topological polar surface area (TPSA) is 29.5 Å². The molecule has 0 unspecified atom stereocenters. The molecule has 31 heavy (non-hydrogen) atoms. The monoisotopic (exact) mass is 445 g/mol. The molecular formula is C26H23NO2S2. The number of benzene rings is 3. The summed E-state index contributed by atoms with van der Waals surface area (Å²) in [4.78, 5) is 15.4. The Morgan fingerprint density at radius 2 is 1.68 bits per heavy atom. The Balaban J connectivity index is 1.59. The summed E-state index contributed by atoms with van der Waals surface area (Å²) in [6.07, 6.45) is 1.87. The summed E-state index contributed by atoms with van der Waals surface area (Å²) in [5.74, 6) is 0.636. The first-order valence-corrected chi connectivity index (χ1v) is 11.3. The molecule has 0 spiro atoms. The third-order valence-electron chi connectivity index (χ3n) is 5.12. The Morgan fingerprint density at radius 3 is 2.45 bits per heavy atom. The summed E-state index contributed by atoms with van der Waals surface area (Å²) < 4.78 is 6.61. The molecule has 0 aliphatic carbocycles. The van der Waals surface area contributed by atoms with Crippen LogP contribution in [0.4, 0.5) is 5.69 Å². The lowest BCUT2D eigenvalue weighted by molar-refractivity contribution is -0.113. The van der Waals surface area contributed by atoms with Gasteiger partial charge < -0.3 is 4.74 Å². The van der Waals surface area contributed by atoms with Crippen LogP contribution in [0.25, 0.3) is 6.08 Å². The maximum Gasteiger partial charge on any atom is 0.270 e. The number of aryl methyl sites for hydroxylation is 3. The number of thiocarbonyl (C=S) groups is 1. The van der Waals surface area contributed by atoms with Gasteiger partial charge in [0.25, 0.3) is 5.91 Å². The molecule has 0 saturated carbocycles. The van der Waals surface area contributed by atoms with E-state index in [0.717, 1.165) is 33.7 Å². The summed E-state index contributed by atoms with van der Waals surface area (Å²) in [5.41, 5.74) is 6.13. The van der Waals surface area contributed by atoms with Crippen molar-refractivity contribution in [2.24, 2.45) is 0 Å². The van der Waals surface area contributed by atoms with Crippen LogP contribution in [0.1, 0.15) is 27.8 Å². The molecule has 1 amide bonds. The predicted molar refractivity (Wildman–Crippen MR) is 134 cm³/mol. The second-order valence-corrected chi connectivity index (χ2v) is 9.29. The van der Waals surface area contributed by atoms with Crippen LogP contribution < -0.4 is 9.64 Å². The maximum atomic E-state index is 13.2. The largest absolute Gasteiger partial charge is 0.488 e. The Labute approximate surface area is 192 Å². The molecule has 0 bridgehead atoms. The van der Waals surface area contributed by atoms with Crippen molar-refractivity contribution in [3.63, 3.8) is 0 Å². The lowest BCUT2D eigenvalue weighted by Gasteiger charge is -2.17. The van der Waals surface area contributed by atoms with Crippen LogP contribution in [0.15, 0.2) is 71.6 Å². The maximum absolute atomic E-state index is 13.2. The van der Waals surface area contributed by atoms with E-state index in [0.29, 0.717) is 15.8 Å². The van der Waals surface area contributed by atoms with Crippen LogP contribution in [-0.2, 0) is 11.4 Å². The summed E-state index contributed by atoms with van der Waals surface area (Å²) in [5, 5.41) is 0. The highest BCUT2D eigenvalue weighted by Gasteiger charge is 2.34. The van der Waals surface area contributed by atoms with Crippen molar-refractivity contribution in [2.45, 2.75) is 27.4 Å². The molecule has 1 aliphatic heterocycles. The zero-order valence-corrected chi connectivity index (χ0v) is 19.3. The van der Waals surface area contributed by atoms with Gasteiger partial charge in [-0.3, -0.25) is 9.69 Å². The van der Waals surface area contributed by atoms with Crippen LogP contribution >= 0.6 is 24.0 Å². The van der Waals surface area contributed by atoms with Gasteiger partial charge in [-0.2, -0.15) is 0 Å². The molecule has 1 saturated heterocycles. The fourth-order valence-electron chi connectivity index (χ4n) is 3.35. The van der Waals surface area contributed by atoms with Crippen LogP contribution in [0, 0.1) is 20.8 Å². The Hall–Kier alpha value is -2.89. The summed E-state index contributed by atoms with van der Waals surface area (Å²) >= 11 is 6.87. The number of rotatable bonds is 5. The van der Waals surface area contributed by atoms with Gasteiger partial charge in [0.1, 0.15) is 12.4 Å². The lowest BCUT2D eigenvalue weighted by atomic mass is 10.1. The van der Waals surface area contributed by atoms with Crippen LogP contribution in [0.3, 0.4) is 0 Å². The zero-order valence-electron chi connectivity index (χ0n) is 17.7. The van der Waals surface area contributed by atoms with Gasteiger partial charge in [0.2, 0.25) is 0 Å². The van der Waals surface area contributed by atoms with E-state index in [2.05, 4.69) is 31.2 Å². The van der Waals surface area contributed by atoms with Crippen LogP contribution in [0.2, 0.25) is 0 Å². The normalized spacial score (nSPS) is 15.1. The fourth-order valence-corrected chi connectivity index (χ4v) is 4.63. The van der Waals surface area contributed by atoms with Crippen molar-refractivity contribution in [2.75, 3.05) is 4.90 Å². The Morgan fingerprint density at radius 1 is 0.968 bits per heavy atom. The molecule has 1 heterocycles. The third-order valence-corrected chi connectivity index (χ3v) is 6.42. The number of carbonyl (C=O) groups is 1. The van der Waals surface area contributed by atoms with Crippen LogP contribution in [-0.4, -0.2) is 10.2 Å². The van der Waals surface area contributed by atoms with E-state index >= 15 is 0 Å². The van der Waals surface area contributed by atoms with Gasteiger partial charge in [-0.05, 0) is 55.7 Å². The van der Waals surface area contributed by atoms with Gasteiger partial charge in [-0.1, -0.05) is 84.1 Å². The second-order valence-electron chi connectivity index (χ2n) is 7.62. The molecule has 1 aliphatic rings. The van der Waals surface area contributed by atoms with E-state index in [1.807, 2.05) is 62.4 Å². The fraction of sp³-hybridized carbons (Fsp3) is 0.154. The molecule has 0 aromatic heterocycles. The summed E-state index contributed by atoms with van der Waals surface area (Å²) in [7, 11) is 0. The molecular weight excluding hydrogens is 422 g/mol. The number of ether oxygens (including phenoxy) is 1. The molecule has 5 heteroatoms. The smallest absolute Gasteiger partial charge is 0.270 e. The highest BCUT2D eigenvalue weighted by Crippen LogP contribution is 2.38. The number of carbonyl (C=O) groups excluding carboxylic acids is 1. The van der Waals surface area contributed by atoms with Crippen molar-refractivity contribution in [3.05, 3.63) is 99.5 Å². The van der Waals surface area contributed by atoms with E-state index < -0.39 is 0 Å². The summed E-state index contributed by atoms with van der Waals surface area (Å²) in [6.45, 7) is 6.53. The average molecular weight is 446 g/mol. The van der Waals surface area contributed by atoms with Crippen LogP contribution in [0.5, 0.6) is 5.75 Å². The molecule has 1 fully saturated rings. The first-order valence-electron chi connectivity index (χ1n) is 10.0. The molecule has 4 rings (SSSR count). The molecule has 3 aromatic rings. The van der Waals surface area contributed by atoms with Gasteiger partial charge in [0.05, 0.1) is 10.6 Å². The number of nitrogens with zero attached hydrogens (tertiary/aromatic N) is 1. The van der Waals surface area contributed by atoms with E-state index in [1.54, 1.807) is 4.90 Å². The number of amides is 1. The number of hydrogen-bond donors (Lipinski definition) is 0. The van der Waals surface area contributed by atoms with Crippen molar-refractivity contribution in [1.29, 1.82) is 0 Å². The Bertz CT molecular complexity index is 1180. The molecule has 3 aromatic carbocycles. The zero-order chi connectivity index (χ0) is 22.0. The number of para-hydroxylation sites is 1. The Kier molecular flexibility index (Phi) is 6.25. The van der Waals surface area contributed by atoms with Gasteiger partial charge in [0.15, 0.2) is 4.32 Å². The SMILES string of the molecule is Cc1ccc(COc2ccccc2/C=C2\SC(=S)N(c3cc(C)ccc3C)C2=O)cc1. The van der Waals surface area contributed by atoms with Crippen molar-refractivity contribution in [1.82, 2.24) is 0 Å². The van der Waals surface area contributed by atoms with Gasteiger partial charge in [-0.25, -0.2) is 0 Å². The van der Waals surface area contributed by atoms with E-state index in [4.69, 9.17) is 17.0 Å². The predicted octanol–water partition coefficient (Wildman–Crippen LogP) is 6.60. The van der Waals surface area contributed by atoms with Crippen molar-refractivity contribution in [3.8, 4) is 5.75 Å². The minimum atomic E-state index is -0.1000. The first-order chi connectivity index (χ1) is 14.9. The van der Waals surface area contributed by atoms with E-state index in [-0.39, 0.29) is 5.91 Å². The van der Waals surface area contributed by atoms with Gasteiger partial charge >= 0.3 is 0 Å². The van der Waals surface area contributed by atoms with Crippen molar-refractivity contribution >= 4 is 46.0 Å². The standard InChI is InChI=1S/C26H23NO2S2/c1-17-9-12-20(13-10-17)16-29-23-7-5-4-6-21(23)15-24-25(28)27(26(30)31-24)22-14-18(2)8-11-19(22)3/h4-15H,16H2,1-3H3/b24-15-. The molecule has 0 N–H and O–H groups in total. The number of hydrogen-bond acceptors (Lipinski definition) is 4. The minimum absolute atomic E-state index is 0.1000. The highest BCUT2D eigenvalue weighted by atomic mass is 32.2. The number of anilines is 1. The number of thioether (sulfide) groups is 1. The third kappa shape index (κ3) is 4.73.